The van der Waals surface area contributed by atoms with E-state index < -0.39 is 45.2 Å². The lowest BCUT2D eigenvalue weighted by molar-refractivity contribution is -0.144. The molecular formula is C35H37Cl2N3O7. The Hall–Kier alpha value is -3.60. The van der Waals surface area contributed by atoms with Gasteiger partial charge < -0.3 is 14.6 Å². The van der Waals surface area contributed by atoms with Crippen molar-refractivity contribution in [2.45, 2.75) is 53.9 Å². The van der Waals surface area contributed by atoms with Gasteiger partial charge in [-0.05, 0) is 54.9 Å². The lowest BCUT2D eigenvalue weighted by Gasteiger charge is -2.50. The molecule has 2 aromatic rings. The Morgan fingerprint density at radius 3 is 2.17 bits per heavy atom. The Bertz CT molecular complexity index is 1670. The predicted octanol–water partition coefficient (Wildman–Crippen LogP) is 4.06. The molecule has 7 rings (SSSR count). The Balaban J connectivity index is 1.24. The highest BCUT2D eigenvalue weighted by Gasteiger charge is 2.76. The standard InChI is InChI=1S/C35H37Cl2N3O7/c1-38-32(44)34(36)17-24-22(28(35(34,37)33(38)45)20-15-25(46-2)29(41)26(16-20)47-3)9-10-23-27(24)31(43)40(30(23)42)21-11-13-39(14-12-21)18-19-7-5-4-6-8-19/h4-9,15-16,21,23-24,27-28,41H,10-14,17-18H2,1-3H3. The van der Waals surface area contributed by atoms with E-state index in [1.165, 1.54) is 31.7 Å². The zero-order chi connectivity index (χ0) is 33.4. The SMILES string of the molecule is COc1cc(C2C3=CCC4C(=O)N(C5CCN(Cc6ccccc6)CC5)C(=O)C4C3CC3(Cl)C(=O)N(C)C(=O)C23Cl)cc(OC)c1O. The molecule has 2 aromatic carbocycles. The molecule has 6 unspecified atom stereocenters. The van der Waals surface area contributed by atoms with Crippen LogP contribution in [0.15, 0.2) is 54.1 Å². The van der Waals surface area contributed by atoms with Gasteiger partial charge in [0.2, 0.25) is 17.6 Å². The molecule has 47 heavy (non-hydrogen) atoms. The van der Waals surface area contributed by atoms with E-state index in [1.807, 2.05) is 24.3 Å². The molecule has 3 heterocycles. The number of hydrogen-bond acceptors (Lipinski definition) is 8. The van der Waals surface area contributed by atoms with Gasteiger partial charge >= 0.3 is 0 Å². The number of methoxy groups -OCH3 is 2. The zero-order valence-electron chi connectivity index (χ0n) is 26.4. The third-order valence-corrected chi connectivity index (χ3v) is 12.5. The molecule has 2 aliphatic carbocycles. The number of alkyl halides is 2. The number of piperidine rings is 1. The van der Waals surface area contributed by atoms with Crippen molar-refractivity contribution in [2.24, 2.45) is 17.8 Å². The maximum absolute atomic E-state index is 14.4. The van der Waals surface area contributed by atoms with Gasteiger partial charge in [0.1, 0.15) is 0 Å². The summed E-state index contributed by atoms with van der Waals surface area (Å²) in [4.78, 5) is 57.0. The van der Waals surface area contributed by atoms with Crippen molar-refractivity contribution in [3.63, 3.8) is 0 Å². The number of carbonyl (C=O) groups is 4. The smallest absolute Gasteiger partial charge is 0.253 e. The van der Waals surface area contributed by atoms with Gasteiger partial charge in [0, 0.05) is 38.6 Å². The number of phenols is 1. The number of aromatic hydroxyl groups is 1. The lowest BCUT2D eigenvalue weighted by Crippen LogP contribution is -2.60. The Labute approximate surface area is 283 Å². The van der Waals surface area contributed by atoms with E-state index in [1.54, 1.807) is 12.1 Å². The van der Waals surface area contributed by atoms with E-state index in [9.17, 15) is 24.3 Å². The van der Waals surface area contributed by atoms with Gasteiger partial charge in [-0.3, -0.25) is 33.9 Å². The van der Waals surface area contributed by atoms with Gasteiger partial charge in [-0.25, -0.2) is 0 Å². The number of rotatable bonds is 6. The predicted molar refractivity (Wildman–Crippen MR) is 173 cm³/mol. The van der Waals surface area contributed by atoms with E-state index >= 15 is 0 Å². The van der Waals surface area contributed by atoms with E-state index in [0.717, 1.165) is 24.5 Å². The monoisotopic (exact) mass is 681 g/mol. The number of allylic oxidation sites excluding steroid dienone is 2. The maximum Gasteiger partial charge on any atom is 0.253 e. The fourth-order valence-electron chi connectivity index (χ4n) is 8.76. The van der Waals surface area contributed by atoms with Crippen molar-refractivity contribution in [1.29, 1.82) is 0 Å². The molecule has 4 fully saturated rings. The number of hydrogen-bond donors (Lipinski definition) is 1. The quantitative estimate of drug-likeness (QED) is 0.276. The van der Waals surface area contributed by atoms with Crippen molar-refractivity contribution >= 4 is 46.8 Å². The summed E-state index contributed by atoms with van der Waals surface area (Å²) >= 11 is 14.6. The Kier molecular flexibility index (Phi) is 7.84. The lowest BCUT2D eigenvalue weighted by atomic mass is 9.56. The summed E-state index contributed by atoms with van der Waals surface area (Å²) in [6, 6.07) is 13.1. The third kappa shape index (κ3) is 4.54. The fourth-order valence-corrected chi connectivity index (χ4v) is 9.78. The number of benzene rings is 2. The van der Waals surface area contributed by atoms with Crippen LogP contribution in [0.3, 0.4) is 0 Å². The van der Waals surface area contributed by atoms with Crippen LogP contribution >= 0.6 is 23.2 Å². The van der Waals surface area contributed by atoms with E-state index in [2.05, 4.69) is 17.0 Å². The minimum atomic E-state index is -1.94. The number of nitrogens with zero attached hydrogens (tertiary/aromatic N) is 3. The highest BCUT2D eigenvalue weighted by Crippen LogP contribution is 2.66. The van der Waals surface area contributed by atoms with Crippen molar-refractivity contribution in [2.75, 3.05) is 34.4 Å². The van der Waals surface area contributed by atoms with Crippen LogP contribution < -0.4 is 9.47 Å². The van der Waals surface area contributed by atoms with Crippen LogP contribution in [0.25, 0.3) is 0 Å². The minimum absolute atomic E-state index is 0.0782. The molecule has 0 radical (unpaired) electrons. The average Bonchev–Trinajstić information content (AvgIpc) is 3.40. The van der Waals surface area contributed by atoms with Gasteiger partial charge in [0.25, 0.3) is 11.8 Å². The number of amides is 4. The molecule has 10 nitrogen and oxygen atoms in total. The summed E-state index contributed by atoms with van der Waals surface area (Å²) in [7, 11) is 4.12. The number of carbonyl (C=O) groups excluding carboxylic acids is 4. The van der Waals surface area contributed by atoms with Crippen molar-refractivity contribution in [3.8, 4) is 17.2 Å². The molecule has 248 valence electrons. The summed E-state index contributed by atoms with van der Waals surface area (Å²) < 4.78 is 10.8. The largest absolute Gasteiger partial charge is 0.502 e. The normalized spacial score (nSPS) is 32.7. The zero-order valence-corrected chi connectivity index (χ0v) is 28.0. The molecule has 6 atom stereocenters. The average molecular weight is 683 g/mol. The van der Waals surface area contributed by atoms with Crippen LogP contribution in [-0.2, 0) is 25.7 Å². The highest BCUT2D eigenvalue weighted by molar-refractivity contribution is 6.53. The molecule has 1 saturated carbocycles. The number of phenolic OH excluding ortho intramolecular Hbond substituents is 1. The molecule has 3 aliphatic heterocycles. The topological polar surface area (TPSA) is 117 Å². The maximum atomic E-state index is 14.4. The first kappa shape index (κ1) is 32.0. The number of fused-ring (bicyclic) bond motifs is 4. The van der Waals surface area contributed by atoms with E-state index in [4.69, 9.17) is 32.7 Å². The highest BCUT2D eigenvalue weighted by atomic mass is 35.5. The van der Waals surface area contributed by atoms with E-state index in [-0.39, 0.29) is 47.9 Å². The molecule has 5 aliphatic rings. The number of imide groups is 2. The first-order valence-corrected chi connectivity index (χ1v) is 16.7. The molecule has 12 heteroatoms. The number of ether oxygens (including phenoxy) is 2. The number of likely N-dealkylation sites (tertiary alicyclic amines) is 3. The fraction of sp³-hybridized carbons (Fsp3) is 0.486. The summed E-state index contributed by atoms with van der Waals surface area (Å²) in [5.74, 6) is -4.80. The van der Waals surface area contributed by atoms with Gasteiger partial charge in [0.05, 0.1) is 26.1 Å². The summed E-state index contributed by atoms with van der Waals surface area (Å²) in [6.07, 6.45) is 3.45. The third-order valence-electron chi connectivity index (χ3n) is 11.1. The molecular weight excluding hydrogens is 645 g/mol. The van der Waals surface area contributed by atoms with Crippen LogP contribution in [0.5, 0.6) is 17.2 Å². The molecule has 0 bridgehead atoms. The van der Waals surface area contributed by atoms with Gasteiger partial charge in [0.15, 0.2) is 21.2 Å². The molecule has 4 amide bonds. The van der Waals surface area contributed by atoms with Crippen LogP contribution in [0.2, 0.25) is 0 Å². The first-order valence-electron chi connectivity index (χ1n) is 15.9. The number of halogens is 2. The van der Waals surface area contributed by atoms with Crippen LogP contribution in [0.4, 0.5) is 0 Å². The second-order valence-corrected chi connectivity index (χ2v) is 14.6. The molecule has 0 aromatic heterocycles. The van der Waals surface area contributed by atoms with Crippen LogP contribution in [-0.4, -0.2) is 93.6 Å². The second kappa shape index (κ2) is 11.5. The van der Waals surface area contributed by atoms with Gasteiger partial charge in [-0.2, -0.15) is 0 Å². The Morgan fingerprint density at radius 1 is 0.915 bits per heavy atom. The van der Waals surface area contributed by atoms with Crippen molar-refractivity contribution in [1.82, 2.24) is 14.7 Å². The minimum Gasteiger partial charge on any atom is -0.502 e. The summed E-state index contributed by atoms with van der Waals surface area (Å²) in [5.41, 5.74) is 2.32. The molecule has 0 spiro atoms. The second-order valence-electron chi connectivity index (χ2n) is 13.3. The van der Waals surface area contributed by atoms with Crippen molar-refractivity contribution in [3.05, 3.63) is 65.2 Å². The van der Waals surface area contributed by atoms with Crippen molar-refractivity contribution < 1.29 is 33.8 Å². The summed E-state index contributed by atoms with van der Waals surface area (Å²) in [5, 5.41) is 10.7. The van der Waals surface area contributed by atoms with Crippen LogP contribution in [0.1, 0.15) is 42.7 Å². The molecule has 1 N–H and O–H groups in total. The van der Waals surface area contributed by atoms with Gasteiger partial charge in [-0.15, -0.1) is 23.2 Å². The van der Waals surface area contributed by atoms with E-state index in [0.29, 0.717) is 24.0 Å². The molecule has 3 saturated heterocycles. The van der Waals surface area contributed by atoms with Crippen LogP contribution in [0, 0.1) is 17.8 Å². The Morgan fingerprint density at radius 2 is 1.55 bits per heavy atom. The first-order chi connectivity index (χ1) is 22.5. The van der Waals surface area contributed by atoms with Gasteiger partial charge in [-0.1, -0.05) is 42.0 Å². The summed E-state index contributed by atoms with van der Waals surface area (Å²) in [6.45, 7) is 2.32.